The lowest BCUT2D eigenvalue weighted by atomic mass is 10.1. The highest BCUT2D eigenvalue weighted by atomic mass is 32.2. The van der Waals surface area contributed by atoms with Crippen LogP contribution in [0.2, 0.25) is 0 Å². The second-order valence-electron chi connectivity index (χ2n) is 5.58. The van der Waals surface area contributed by atoms with Crippen molar-refractivity contribution in [1.82, 2.24) is 9.71 Å². The lowest BCUT2D eigenvalue weighted by molar-refractivity contribution is -0.117. The van der Waals surface area contributed by atoms with Gasteiger partial charge in [0.25, 0.3) is 10.0 Å². The number of hydrogen-bond donors (Lipinski definition) is 2. The van der Waals surface area contributed by atoms with Gasteiger partial charge in [-0.3, -0.25) is 4.79 Å². The van der Waals surface area contributed by atoms with Crippen LogP contribution in [0.3, 0.4) is 0 Å². The standard InChI is InChI=1S/C17H17N3O3S3/c1-12-11-25-17(18-12)19-16(21)14(10-13-6-3-2-4-7-13)20-26(22,23)15-8-5-9-24-15/h2-9,11,14,20H,10H2,1H3,(H,18,19,21). The van der Waals surface area contributed by atoms with Gasteiger partial charge in [-0.15, -0.1) is 22.7 Å². The first kappa shape index (κ1) is 18.7. The molecule has 136 valence electrons. The highest BCUT2D eigenvalue weighted by molar-refractivity contribution is 7.91. The molecule has 1 amide bonds. The molecule has 0 aliphatic carbocycles. The van der Waals surface area contributed by atoms with Gasteiger partial charge in [0.2, 0.25) is 5.91 Å². The third-order valence-corrected chi connectivity index (χ3v) is 7.25. The molecule has 1 aromatic carbocycles. The summed E-state index contributed by atoms with van der Waals surface area (Å²) in [5.74, 6) is -0.441. The van der Waals surface area contributed by atoms with Gasteiger partial charge in [0.05, 0.1) is 5.69 Å². The van der Waals surface area contributed by atoms with Crippen LogP contribution in [0.1, 0.15) is 11.3 Å². The van der Waals surface area contributed by atoms with Crippen molar-refractivity contribution in [3.05, 3.63) is 64.5 Å². The van der Waals surface area contributed by atoms with Crippen LogP contribution in [0.5, 0.6) is 0 Å². The summed E-state index contributed by atoms with van der Waals surface area (Å²) in [6.45, 7) is 1.83. The molecule has 2 heterocycles. The molecule has 0 aliphatic rings. The minimum Gasteiger partial charge on any atom is -0.301 e. The summed E-state index contributed by atoms with van der Waals surface area (Å²) in [7, 11) is -3.78. The van der Waals surface area contributed by atoms with Crippen molar-refractivity contribution in [3.8, 4) is 0 Å². The van der Waals surface area contributed by atoms with E-state index in [1.165, 1.54) is 17.4 Å². The molecule has 26 heavy (non-hydrogen) atoms. The third kappa shape index (κ3) is 4.76. The molecule has 0 spiro atoms. The number of benzene rings is 1. The molecule has 0 bridgehead atoms. The summed E-state index contributed by atoms with van der Waals surface area (Å²) >= 11 is 2.40. The topological polar surface area (TPSA) is 88.2 Å². The zero-order chi connectivity index (χ0) is 18.6. The van der Waals surface area contributed by atoms with Gasteiger partial charge in [-0.1, -0.05) is 36.4 Å². The van der Waals surface area contributed by atoms with E-state index in [2.05, 4.69) is 15.0 Å². The quantitative estimate of drug-likeness (QED) is 0.630. The van der Waals surface area contributed by atoms with Crippen molar-refractivity contribution >= 4 is 43.7 Å². The maximum absolute atomic E-state index is 12.7. The SMILES string of the molecule is Cc1csc(NC(=O)C(Cc2ccccc2)NS(=O)(=O)c2cccs2)n1. The molecule has 1 atom stereocenters. The molecular formula is C17H17N3O3S3. The van der Waals surface area contributed by atoms with E-state index < -0.39 is 22.0 Å². The number of anilines is 1. The van der Waals surface area contributed by atoms with Gasteiger partial charge in [0.1, 0.15) is 10.3 Å². The predicted molar refractivity (Wildman–Crippen MR) is 104 cm³/mol. The minimum absolute atomic E-state index is 0.174. The molecule has 6 nitrogen and oxygen atoms in total. The Kier molecular flexibility index (Phi) is 5.82. The molecule has 1 unspecified atom stereocenters. The zero-order valence-corrected chi connectivity index (χ0v) is 16.3. The molecule has 0 aliphatic heterocycles. The molecule has 9 heteroatoms. The second kappa shape index (κ2) is 8.09. The van der Waals surface area contributed by atoms with Crippen LogP contribution in [0.15, 0.2) is 57.4 Å². The van der Waals surface area contributed by atoms with E-state index in [0.717, 1.165) is 22.6 Å². The highest BCUT2D eigenvalue weighted by Gasteiger charge is 2.27. The third-order valence-electron chi connectivity index (χ3n) is 3.51. The first-order chi connectivity index (χ1) is 12.4. The number of hydrogen-bond acceptors (Lipinski definition) is 6. The number of rotatable bonds is 7. The van der Waals surface area contributed by atoms with Gasteiger partial charge in [-0.05, 0) is 30.4 Å². The maximum atomic E-state index is 12.7. The van der Waals surface area contributed by atoms with Crippen LogP contribution in [0.25, 0.3) is 0 Å². The number of amides is 1. The maximum Gasteiger partial charge on any atom is 0.250 e. The number of sulfonamides is 1. The molecule has 0 saturated carbocycles. The van der Waals surface area contributed by atoms with Crippen LogP contribution in [-0.2, 0) is 21.2 Å². The number of carbonyl (C=O) groups is 1. The summed E-state index contributed by atoms with van der Waals surface area (Å²) in [4.78, 5) is 16.9. The predicted octanol–water partition coefficient (Wildman–Crippen LogP) is 3.04. The van der Waals surface area contributed by atoms with Crippen LogP contribution < -0.4 is 10.0 Å². The van der Waals surface area contributed by atoms with Crippen LogP contribution in [0.4, 0.5) is 5.13 Å². The van der Waals surface area contributed by atoms with Crippen molar-refractivity contribution < 1.29 is 13.2 Å². The molecule has 2 N–H and O–H groups in total. The van der Waals surface area contributed by atoms with Crippen LogP contribution in [-0.4, -0.2) is 25.4 Å². The molecule has 2 aromatic heterocycles. The van der Waals surface area contributed by atoms with Crippen molar-refractivity contribution in [3.63, 3.8) is 0 Å². The monoisotopic (exact) mass is 407 g/mol. The Hall–Kier alpha value is -2.07. The highest BCUT2D eigenvalue weighted by Crippen LogP contribution is 2.18. The van der Waals surface area contributed by atoms with E-state index >= 15 is 0 Å². The van der Waals surface area contributed by atoms with E-state index in [4.69, 9.17) is 0 Å². The Morgan fingerprint density at radius 3 is 2.54 bits per heavy atom. The van der Waals surface area contributed by atoms with Gasteiger partial charge in [-0.25, -0.2) is 13.4 Å². The summed E-state index contributed by atoms with van der Waals surface area (Å²) in [5.41, 5.74) is 1.65. The van der Waals surface area contributed by atoms with Crippen LogP contribution in [0, 0.1) is 6.92 Å². The summed E-state index contributed by atoms with van der Waals surface area (Å²) in [6, 6.07) is 11.5. The molecule has 3 aromatic rings. The normalized spacial score (nSPS) is 12.7. The van der Waals surface area contributed by atoms with Crippen molar-refractivity contribution in [2.75, 3.05) is 5.32 Å². The lowest BCUT2D eigenvalue weighted by Gasteiger charge is -2.17. The van der Waals surface area contributed by atoms with Crippen molar-refractivity contribution in [2.24, 2.45) is 0 Å². The number of nitrogens with one attached hydrogen (secondary N) is 2. The fraction of sp³-hybridized carbons (Fsp3) is 0.176. The van der Waals surface area contributed by atoms with E-state index in [1.807, 2.05) is 42.6 Å². The number of nitrogens with zero attached hydrogens (tertiary/aromatic N) is 1. The fourth-order valence-electron chi connectivity index (χ4n) is 2.30. The van der Waals surface area contributed by atoms with Gasteiger partial charge in [0, 0.05) is 5.38 Å². The number of thiophene rings is 1. The average molecular weight is 408 g/mol. The minimum atomic E-state index is -3.78. The second-order valence-corrected chi connectivity index (χ2v) is 9.33. The van der Waals surface area contributed by atoms with E-state index in [9.17, 15) is 13.2 Å². The van der Waals surface area contributed by atoms with Gasteiger partial charge in [-0.2, -0.15) is 4.72 Å². The fourth-order valence-corrected chi connectivity index (χ4v) is 5.20. The Morgan fingerprint density at radius 1 is 1.15 bits per heavy atom. The largest absolute Gasteiger partial charge is 0.301 e. The summed E-state index contributed by atoms with van der Waals surface area (Å²) < 4.78 is 27.8. The Balaban J connectivity index is 1.82. The van der Waals surface area contributed by atoms with Crippen molar-refractivity contribution in [1.29, 1.82) is 0 Å². The smallest absolute Gasteiger partial charge is 0.250 e. The van der Waals surface area contributed by atoms with Gasteiger partial charge < -0.3 is 5.32 Å². The number of aryl methyl sites for hydroxylation is 1. The number of thiazole rings is 1. The Bertz CT molecular complexity index is 967. The molecule has 0 saturated heterocycles. The molecule has 0 fully saturated rings. The zero-order valence-electron chi connectivity index (χ0n) is 13.9. The molecule has 0 radical (unpaired) electrons. The van der Waals surface area contributed by atoms with E-state index in [-0.39, 0.29) is 10.6 Å². The molecule has 3 rings (SSSR count). The van der Waals surface area contributed by atoms with Crippen molar-refractivity contribution in [2.45, 2.75) is 23.6 Å². The lowest BCUT2D eigenvalue weighted by Crippen LogP contribution is -2.45. The molecular weight excluding hydrogens is 390 g/mol. The van der Waals surface area contributed by atoms with E-state index in [0.29, 0.717) is 5.13 Å². The summed E-state index contributed by atoms with van der Waals surface area (Å²) in [5, 5.41) is 6.64. The van der Waals surface area contributed by atoms with Crippen LogP contribution >= 0.6 is 22.7 Å². The number of carbonyl (C=O) groups excluding carboxylic acids is 1. The number of aromatic nitrogens is 1. The average Bonchev–Trinajstić information content (AvgIpc) is 3.27. The van der Waals surface area contributed by atoms with E-state index in [1.54, 1.807) is 11.4 Å². The first-order valence-electron chi connectivity index (χ1n) is 7.77. The Labute approximate surface area is 160 Å². The van der Waals surface area contributed by atoms with Gasteiger partial charge in [0.15, 0.2) is 5.13 Å². The summed E-state index contributed by atoms with van der Waals surface area (Å²) in [6.07, 6.45) is 0.238. The Morgan fingerprint density at radius 2 is 1.92 bits per heavy atom. The first-order valence-corrected chi connectivity index (χ1v) is 11.0. The van der Waals surface area contributed by atoms with Gasteiger partial charge >= 0.3 is 0 Å².